The van der Waals surface area contributed by atoms with Crippen LogP contribution in [0, 0.1) is 6.92 Å². The molecule has 5 rings (SSSR count). The van der Waals surface area contributed by atoms with Gasteiger partial charge in [0, 0.05) is 30.1 Å². The molecule has 0 saturated heterocycles. The molecule has 0 radical (unpaired) electrons. The third-order valence-corrected chi connectivity index (χ3v) is 10.9. The molecule has 4 aromatic rings. The number of anilines is 1. The molecule has 8 nitrogen and oxygen atoms in total. The second kappa shape index (κ2) is 16.2. The summed E-state index contributed by atoms with van der Waals surface area (Å²) in [5.74, 6) is -0.389. The minimum Gasteiger partial charge on any atom is -0.497 e. The molecular formula is C38H42ClN3O5S. The smallest absolute Gasteiger partial charge is 0.264 e. The quantitative estimate of drug-likeness (QED) is 0.164. The van der Waals surface area contributed by atoms with E-state index in [4.69, 9.17) is 16.3 Å². The van der Waals surface area contributed by atoms with E-state index in [0.29, 0.717) is 16.3 Å². The maximum absolute atomic E-state index is 14.7. The van der Waals surface area contributed by atoms with Crippen LogP contribution in [0.15, 0.2) is 108 Å². The van der Waals surface area contributed by atoms with Gasteiger partial charge in [0.2, 0.25) is 11.8 Å². The van der Waals surface area contributed by atoms with Crippen LogP contribution in [0.25, 0.3) is 0 Å². The second-order valence-electron chi connectivity index (χ2n) is 12.2. The van der Waals surface area contributed by atoms with Crippen molar-refractivity contribution < 1.29 is 22.7 Å². The van der Waals surface area contributed by atoms with Crippen LogP contribution in [0.3, 0.4) is 0 Å². The lowest BCUT2D eigenvalue weighted by Crippen LogP contribution is -2.55. The summed E-state index contributed by atoms with van der Waals surface area (Å²) >= 11 is 6.61. The highest BCUT2D eigenvalue weighted by Gasteiger charge is 2.35. The van der Waals surface area contributed by atoms with Crippen molar-refractivity contribution in [1.29, 1.82) is 0 Å². The van der Waals surface area contributed by atoms with E-state index in [2.05, 4.69) is 5.32 Å². The van der Waals surface area contributed by atoms with E-state index >= 15 is 0 Å². The lowest BCUT2D eigenvalue weighted by atomic mass is 9.94. The van der Waals surface area contributed by atoms with Gasteiger partial charge in [-0.05, 0) is 61.2 Å². The molecule has 0 spiro atoms. The van der Waals surface area contributed by atoms with Gasteiger partial charge in [-0.3, -0.25) is 13.9 Å². The highest BCUT2D eigenvalue weighted by Crippen LogP contribution is 2.29. The minimum absolute atomic E-state index is 0.00459. The summed E-state index contributed by atoms with van der Waals surface area (Å²) in [4.78, 5) is 30.5. The van der Waals surface area contributed by atoms with Crippen molar-refractivity contribution in [2.24, 2.45) is 0 Å². The van der Waals surface area contributed by atoms with Crippen molar-refractivity contribution in [3.05, 3.63) is 125 Å². The molecule has 0 heterocycles. The van der Waals surface area contributed by atoms with Crippen LogP contribution in [0.4, 0.5) is 5.69 Å². The van der Waals surface area contributed by atoms with E-state index in [1.54, 1.807) is 48.5 Å². The monoisotopic (exact) mass is 687 g/mol. The minimum atomic E-state index is -4.23. The van der Waals surface area contributed by atoms with Gasteiger partial charge in [-0.2, -0.15) is 0 Å². The fourth-order valence-electron chi connectivity index (χ4n) is 6.04. The number of methoxy groups -OCH3 is 1. The Balaban J connectivity index is 1.58. The first-order valence-corrected chi connectivity index (χ1v) is 18.1. The van der Waals surface area contributed by atoms with Crippen LogP contribution in [-0.4, -0.2) is 50.9 Å². The van der Waals surface area contributed by atoms with E-state index in [1.165, 1.54) is 24.1 Å². The summed E-state index contributed by atoms with van der Waals surface area (Å²) in [7, 11) is -2.74. The first-order valence-electron chi connectivity index (χ1n) is 16.3. The summed E-state index contributed by atoms with van der Waals surface area (Å²) in [6.07, 6.45) is 5.18. The van der Waals surface area contributed by atoms with Gasteiger partial charge in [0.25, 0.3) is 10.0 Å². The lowest BCUT2D eigenvalue weighted by Gasteiger charge is -2.35. The molecule has 1 aliphatic rings. The Morgan fingerprint density at radius 1 is 0.896 bits per heavy atom. The number of ether oxygens (including phenoxy) is 1. The fourth-order valence-corrected chi connectivity index (χ4v) is 7.64. The standard InChI is InChI=1S/C38H42ClN3O5S/c1-28-20-22-34(23-21-28)48(45,46)42(32-17-11-18-33(25-32)47-2)27-37(43)41(26-30-14-9-10-19-35(30)39)36(24-29-12-5-3-6-13-29)38(44)40-31-15-7-4-8-16-31/h3,5-6,9-14,17-23,25,31,36H,4,7-8,15-16,24,26-27H2,1-2H3,(H,40,44)/t36-/m1/s1. The van der Waals surface area contributed by atoms with E-state index < -0.39 is 28.5 Å². The fraction of sp³-hybridized carbons (Fsp3) is 0.316. The summed E-state index contributed by atoms with van der Waals surface area (Å²) in [5, 5.41) is 3.67. The molecule has 2 amide bonds. The Morgan fingerprint density at radius 2 is 1.58 bits per heavy atom. The van der Waals surface area contributed by atoms with E-state index in [-0.39, 0.29) is 35.5 Å². The zero-order chi connectivity index (χ0) is 34.1. The Kier molecular flexibility index (Phi) is 11.8. The maximum atomic E-state index is 14.7. The molecule has 0 bridgehead atoms. The highest BCUT2D eigenvalue weighted by molar-refractivity contribution is 7.92. The van der Waals surface area contributed by atoms with Crippen LogP contribution < -0.4 is 14.4 Å². The zero-order valence-corrected chi connectivity index (χ0v) is 28.9. The van der Waals surface area contributed by atoms with Gasteiger partial charge < -0.3 is 15.0 Å². The van der Waals surface area contributed by atoms with Gasteiger partial charge in [0.15, 0.2) is 0 Å². The van der Waals surface area contributed by atoms with E-state index in [9.17, 15) is 18.0 Å². The molecular weight excluding hydrogens is 646 g/mol. The van der Waals surface area contributed by atoms with Gasteiger partial charge in [0.1, 0.15) is 18.3 Å². The summed E-state index contributed by atoms with van der Waals surface area (Å²) in [5.41, 5.74) is 2.67. The van der Waals surface area contributed by atoms with Crippen molar-refractivity contribution >= 4 is 39.1 Å². The number of halogens is 1. The predicted octanol–water partition coefficient (Wildman–Crippen LogP) is 6.94. The summed E-state index contributed by atoms with van der Waals surface area (Å²) in [6, 6.07) is 28.8. The zero-order valence-electron chi connectivity index (χ0n) is 27.3. The second-order valence-corrected chi connectivity index (χ2v) is 14.5. The molecule has 1 aliphatic carbocycles. The van der Waals surface area contributed by atoms with Crippen LogP contribution in [-0.2, 0) is 32.6 Å². The summed E-state index contributed by atoms with van der Waals surface area (Å²) < 4.78 is 35.1. The Hall–Kier alpha value is -4.34. The Bertz CT molecular complexity index is 1790. The van der Waals surface area contributed by atoms with Crippen LogP contribution in [0.2, 0.25) is 5.02 Å². The van der Waals surface area contributed by atoms with Crippen molar-refractivity contribution in [2.45, 2.75) is 69.0 Å². The lowest BCUT2D eigenvalue weighted by molar-refractivity contribution is -0.140. The first-order chi connectivity index (χ1) is 23.2. The SMILES string of the molecule is COc1cccc(N(CC(=O)N(Cc2ccccc2Cl)[C@H](Cc2ccccc2)C(=O)NC2CCCCC2)S(=O)(=O)c2ccc(C)cc2)c1. The molecule has 0 aliphatic heterocycles. The molecule has 1 N–H and O–H groups in total. The van der Waals surface area contributed by atoms with E-state index in [1.807, 2.05) is 49.4 Å². The molecule has 10 heteroatoms. The van der Waals surface area contributed by atoms with Gasteiger partial charge in [-0.1, -0.05) is 103 Å². The number of nitrogens with zero attached hydrogens (tertiary/aromatic N) is 2. The van der Waals surface area contributed by atoms with Crippen LogP contribution in [0.5, 0.6) is 5.75 Å². The topological polar surface area (TPSA) is 96.0 Å². The van der Waals surface area contributed by atoms with Crippen LogP contribution >= 0.6 is 11.6 Å². The number of rotatable bonds is 13. The number of carbonyl (C=O) groups is 2. The first kappa shape index (κ1) is 35.0. The van der Waals surface area contributed by atoms with Crippen molar-refractivity contribution in [3.63, 3.8) is 0 Å². The van der Waals surface area contributed by atoms with Gasteiger partial charge >= 0.3 is 0 Å². The molecule has 252 valence electrons. The average molecular weight is 688 g/mol. The third-order valence-electron chi connectivity index (χ3n) is 8.75. The number of hydrogen-bond donors (Lipinski definition) is 1. The summed E-state index contributed by atoms with van der Waals surface area (Å²) in [6.45, 7) is 1.32. The normalized spacial score (nSPS) is 14.1. The van der Waals surface area contributed by atoms with Crippen molar-refractivity contribution in [1.82, 2.24) is 10.2 Å². The van der Waals surface area contributed by atoms with E-state index in [0.717, 1.165) is 47.5 Å². The molecule has 48 heavy (non-hydrogen) atoms. The molecule has 1 fully saturated rings. The predicted molar refractivity (Wildman–Crippen MR) is 190 cm³/mol. The Labute approximate surface area is 288 Å². The molecule has 4 aromatic carbocycles. The molecule has 0 aromatic heterocycles. The van der Waals surface area contributed by atoms with Crippen molar-refractivity contribution in [3.8, 4) is 5.75 Å². The number of nitrogens with one attached hydrogen (secondary N) is 1. The number of amides is 2. The van der Waals surface area contributed by atoms with Crippen LogP contribution in [0.1, 0.15) is 48.8 Å². The number of aryl methyl sites for hydroxylation is 1. The maximum Gasteiger partial charge on any atom is 0.264 e. The molecule has 1 atom stereocenters. The van der Waals surface area contributed by atoms with Gasteiger partial charge in [-0.25, -0.2) is 8.42 Å². The number of sulfonamides is 1. The Morgan fingerprint density at radius 3 is 2.27 bits per heavy atom. The number of benzene rings is 4. The number of carbonyl (C=O) groups excluding carboxylic acids is 2. The van der Waals surface area contributed by atoms with Crippen molar-refractivity contribution in [2.75, 3.05) is 18.0 Å². The number of hydrogen-bond acceptors (Lipinski definition) is 5. The third kappa shape index (κ3) is 8.76. The largest absolute Gasteiger partial charge is 0.497 e. The average Bonchev–Trinajstić information content (AvgIpc) is 3.10. The van der Waals surface area contributed by atoms with Gasteiger partial charge in [-0.15, -0.1) is 0 Å². The highest BCUT2D eigenvalue weighted by atomic mass is 35.5. The van der Waals surface area contributed by atoms with Gasteiger partial charge in [0.05, 0.1) is 17.7 Å². The molecule has 0 unspecified atom stereocenters. The molecule has 1 saturated carbocycles.